The summed E-state index contributed by atoms with van der Waals surface area (Å²) in [7, 11) is 0. The summed E-state index contributed by atoms with van der Waals surface area (Å²) in [5, 5.41) is 1.67. The van der Waals surface area contributed by atoms with Crippen LogP contribution in [0.3, 0.4) is 0 Å². The third kappa shape index (κ3) is 4.77. The van der Waals surface area contributed by atoms with Gasteiger partial charge in [-0.25, -0.2) is 5.01 Å². The van der Waals surface area contributed by atoms with Gasteiger partial charge in [0, 0.05) is 25.7 Å². The third-order valence-corrected chi connectivity index (χ3v) is 3.63. The van der Waals surface area contributed by atoms with Crippen molar-refractivity contribution < 1.29 is 13.2 Å². The van der Waals surface area contributed by atoms with Crippen LogP contribution in [0.25, 0.3) is 0 Å². The summed E-state index contributed by atoms with van der Waals surface area (Å²) >= 11 is 0. The largest absolute Gasteiger partial charge is 0.401 e. The summed E-state index contributed by atoms with van der Waals surface area (Å²) < 4.78 is 38.3. The van der Waals surface area contributed by atoms with Crippen LogP contribution in [0, 0.1) is 0 Å². The number of benzene rings is 1. The van der Waals surface area contributed by atoms with E-state index in [0.717, 1.165) is 5.56 Å². The standard InChI is InChI=1S/C14H20F3N3/c15-14(16,17)11-19(10-12-4-2-1-3-5-12)13-6-8-20(18)9-7-13/h1-5,13H,6-11,18H2. The van der Waals surface area contributed by atoms with Gasteiger partial charge < -0.3 is 0 Å². The highest BCUT2D eigenvalue weighted by Gasteiger charge is 2.34. The highest BCUT2D eigenvalue weighted by molar-refractivity contribution is 5.14. The molecule has 0 atom stereocenters. The van der Waals surface area contributed by atoms with Crippen LogP contribution in [-0.2, 0) is 6.54 Å². The van der Waals surface area contributed by atoms with E-state index in [4.69, 9.17) is 5.84 Å². The number of nitrogens with zero attached hydrogens (tertiary/aromatic N) is 2. The molecule has 1 aliphatic rings. The second kappa shape index (κ2) is 6.56. The molecule has 0 unspecified atom stereocenters. The molecule has 112 valence electrons. The summed E-state index contributed by atoms with van der Waals surface area (Å²) in [4.78, 5) is 1.53. The van der Waals surface area contributed by atoms with Gasteiger partial charge in [0.2, 0.25) is 0 Å². The maximum atomic E-state index is 12.8. The molecule has 1 aromatic carbocycles. The second-order valence-electron chi connectivity index (χ2n) is 5.27. The molecule has 2 N–H and O–H groups in total. The fourth-order valence-electron chi connectivity index (χ4n) is 2.61. The second-order valence-corrected chi connectivity index (χ2v) is 5.27. The molecule has 2 rings (SSSR count). The van der Waals surface area contributed by atoms with Gasteiger partial charge in [0.1, 0.15) is 0 Å². The van der Waals surface area contributed by atoms with Crippen molar-refractivity contribution in [3.63, 3.8) is 0 Å². The van der Waals surface area contributed by atoms with Crippen LogP contribution in [0.2, 0.25) is 0 Å². The smallest absolute Gasteiger partial charge is 0.288 e. The summed E-state index contributed by atoms with van der Waals surface area (Å²) in [5.74, 6) is 5.67. The first-order valence-electron chi connectivity index (χ1n) is 6.78. The number of hydrogen-bond donors (Lipinski definition) is 1. The number of nitrogens with two attached hydrogens (primary N) is 1. The molecule has 0 saturated carbocycles. The first-order chi connectivity index (χ1) is 9.44. The maximum absolute atomic E-state index is 12.8. The molecule has 1 saturated heterocycles. The number of piperidine rings is 1. The molecular weight excluding hydrogens is 267 g/mol. The summed E-state index contributed by atoms with van der Waals surface area (Å²) in [6.45, 7) is 0.758. The fourth-order valence-corrected chi connectivity index (χ4v) is 2.61. The van der Waals surface area contributed by atoms with Crippen LogP contribution in [0.1, 0.15) is 18.4 Å². The SMILES string of the molecule is NN1CCC(N(Cc2ccccc2)CC(F)(F)F)CC1. The summed E-state index contributed by atoms with van der Waals surface area (Å²) in [6.07, 6.45) is -2.81. The van der Waals surface area contributed by atoms with Crippen molar-refractivity contribution >= 4 is 0 Å². The molecule has 1 aromatic rings. The maximum Gasteiger partial charge on any atom is 0.401 e. The van der Waals surface area contributed by atoms with Crippen LogP contribution >= 0.6 is 0 Å². The molecule has 1 aliphatic heterocycles. The van der Waals surface area contributed by atoms with Crippen LogP contribution in [-0.4, -0.2) is 41.8 Å². The van der Waals surface area contributed by atoms with E-state index in [1.807, 2.05) is 30.3 Å². The third-order valence-electron chi connectivity index (χ3n) is 3.63. The normalized spacial score (nSPS) is 18.6. The lowest BCUT2D eigenvalue weighted by molar-refractivity contribution is -0.154. The molecule has 1 fully saturated rings. The Hall–Kier alpha value is -1.11. The molecule has 1 heterocycles. The number of hydrazine groups is 1. The predicted octanol–water partition coefficient (Wildman–Crippen LogP) is 2.39. The first kappa shape index (κ1) is 15.3. The number of alkyl halides is 3. The minimum absolute atomic E-state index is 0.0587. The highest BCUT2D eigenvalue weighted by Crippen LogP contribution is 2.24. The Balaban J connectivity index is 2.04. The van der Waals surface area contributed by atoms with Gasteiger partial charge in [0.05, 0.1) is 6.54 Å². The van der Waals surface area contributed by atoms with E-state index in [-0.39, 0.29) is 6.04 Å². The van der Waals surface area contributed by atoms with E-state index < -0.39 is 12.7 Å². The van der Waals surface area contributed by atoms with Crippen molar-refractivity contribution in [2.45, 2.75) is 31.6 Å². The van der Waals surface area contributed by atoms with Gasteiger partial charge >= 0.3 is 6.18 Å². The van der Waals surface area contributed by atoms with Gasteiger partial charge in [0.25, 0.3) is 0 Å². The molecule has 3 nitrogen and oxygen atoms in total. The van der Waals surface area contributed by atoms with Crippen LogP contribution < -0.4 is 5.84 Å². The Morgan fingerprint density at radius 2 is 1.75 bits per heavy atom. The van der Waals surface area contributed by atoms with Crippen molar-refractivity contribution in [2.75, 3.05) is 19.6 Å². The lowest BCUT2D eigenvalue weighted by atomic mass is 10.0. The fraction of sp³-hybridized carbons (Fsp3) is 0.571. The van der Waals surface area contributed by atoms with Crippen molar-refractivity contribution in [1.29, 1.82) is 0 Å². The van der Waals surface area contributed by atoms with Gasteiger partial charge in [-0.05, 0) is 18.4 Å². The lowest BCUT2D eigenvalue weighted by Gasteiger charge is -2.37. The molecule has 0 radical (unpaired) electrons. The van der Waals surface area contributed by atoms with Gasteiger partial charge in [0.15, 0.2) is 0 Å². The van der Waals surface area contributed by atoms with Gasteiger partial charge in [-0.3, -0.25) is 10.7 Å². The van der Waals surface area contributed by atoms with E-state index in [1.165, 1.54) is 4.90 Å². The van der Waals surface area contributed by atoms with Crippen molar-refractivity contribution in [3.8, 4) is 0 Å². The zero-order chi connectivity index (χ0) is 14.6. The Bertz CT molecular complexity index is 400. The Morgan fingerprint density at radius 1 is 1.15 bits per heavy atom. The number of rotatable bonds is 4. The quantitative estimate of drug-likeness (QED) is 0.863. The lowest BCUT2D eigenvalue weighted by Crippen LogP contribution is -2.49. The molecular formula is C14H20F3N3. The van der Waals surface area contributed by atoms with E-state index in [1.54, 1.807) is 5.01 Å². The van der Waals surface area contributed by atoms with Crippen molar-refractivity contribution in [1.82, 2.24) is 9.91 Å². The molecule has 6 heteroatoms. The van der Waals surface area contributed by atoms with E-state index in [9.17, 15) is 13.2 Å². The molecule has 20 heavy (non-hydrogen) atoms. The zero-order valence-corrected chi connectivity index (χ0v) is 11.3. The minimum Gasteiger partial charge on any atom is -0.288 e. The molecule has 0 spiro atoms. The predicted molar refractivity (Wildman–Crippen MR) is 71.7 cm³/mol. The summed E-state index contributed by atoms with van der Waals surface area (Å²) in [6, 6.07) is 9.23. The monoisotopic (exact) mass is 287 g/mol. The zero-order valence-electron chi connectivity index (χ0n) is 11.3. The summed E-state index contributed by atoms with van der Waals surface area (Å²) in [5.41, 5.74) is 0.909. The highest BCUT2D eigenvalue weighted by atomic mass is 19.4. The Kier molecular flexibility index (Phi) is 5.01. The molecule has 0 amide bonds. The Morgan fingerprint density at radius 3 is 2.30 bits per heavy atom. The first-order valence-corrected chi connectivity index (χ1v) is 6.78. The van der Waals surface area contributed by atoms with Gasteiger partial charge in [-0.2, -0.15) is 13.2 Å². The minimum atomic E-state index is -4.17. The van der Waals surface area contributed by atoms with E-state index >= 15 is 0 Å². The molecule has 0 bridgehead atoms. The topological polar surface area (TPSA) is 32.5 Å². The average molecular weight is 287 g/mol. The number of hydrogen-bond acceptors (Lipinski definition) is 3. The van der Waals surface area contributed by atoms with E-state index in [0.29, 0.717) is 32.5 Å². The van der Waals surface area contributed by atoms with Gasteiger partial charge in [-0.1, -0.05) is 30.3 Å². The van der Waals surface area contributed by atoms with Gasteiger partial charge in [-0.15, -0.1) is 0 Å². The van der Waals surface area contributed by atoms with E-state index in [2.05, 4.69) is 0 Å². The average Bonchev–Trinajstić information content (AvgIpc) is 2.38. The van der Waals surface area contributed by atoms with Crippen LogP contribution in [0.4, 0.5) is 13.2 Å². The van der Waals surface area contributed by atoms with Crippen LogP contribution in [0.15, 0.2) is 30.3 Å². The Labute approximate surface area is 117 Å². The van der Waals surface area contributed by atoms with Crippen molar-refractivity contribution in [2.24, 2.45) is 5.84 Å². The number of halogens is 3. The molecule has 0 aromatic heterocycles. The van der Waals surface area contributed by atoms with Crippen molar-refractivity contribution in [3.05, 3.63) is 35.9 Å². The molecule has 0 aliphatic carbocycles. The van der Waals surface area contributed by atoms with Crippen LogP contribution in [0.5, 0.6) is 0 Å².